The van der Waals surface area contributed by atoms with Crippen LogP contribution in [0.15, 0.2) is 76.5 Å². The Kier molecular flexibility index (Phi) is 6.46. The molecule has 0 heterocycles. The van der Waals surface area contributed by atoms with Crippen molar-refractivity contribution in [2.45, 2.75) is 15.5 Å². The second-order valence-electron chi connectivity index (χ2n) is 6.13. The van der Waals surface area contributed by atoms with E-state index in [1.807, 2.05) is 30.3 Å². The Morgan fingerprint density at radius 2 is 1.79 bits per heavy atom. The molecule has 0 unspecified atom stereocenters. The number of sulfone groups is 1. The fourth-order valence-electron chi connectivity index (χ4n) is 2.48. The molecular weight excluding hydrogens is 434 g/mol. The number of ether oxygens (including phenoxy) is 1. The van der Waals surface area contributed by atoms with Crippen molar-refractivity contribution in [2.75, 3.05) is 6.26 Å². The molecule has 0 N–H and O–H groups in total. The molecule has 0 saturated heterocycles. The van der Waals surface area contributed by atoms with Gasteiger partial charge in [-0.05, 0) is 29.8 Å². The van der Waals surface area contributed by atoms with Crippen LogP contribution in [0.5, 0.6) is 11.5 Å². The minimum atomic E-state index is -3.39. The van der Waals surface area contributed by atoms with Crippen LogP contribution in [0.25, 0.3) is 0 Å². The van der Waals surface area contributed by atoms with Gasteiger partial charge in [0.25, 0.3) is 5.69 Å². The third kappa shape index (κ3) is 5.50. The molecule has 6 nitrogen and oxygen atoms in total. The molecule has 3 rings (SSSR count). The van der Waals surface area contributed by atoms with E-state index in [4.69, 9.17) is 16.3 Å². The standard InChI is InChI=1S/C20H16ClNO5S2/c1-29(25,26)16-8-10-19(17(21)12-16)27-15-7-9-18(22(23)24)20(11-15)28-13-14-5-3-2-4-6-14/h2-12H,13H2,1H3. The molecule has 150 valence electrons. The van der Waals surface area contributed by atoms with E-state index in [2.05, 4.69) is 0 Å². The molecule has 0 saturated carbocycles. The van der Waals surface area contributed by atoms with Gasteiger partial charge < -0.3 is 4.74 Å². The number of halogens is 1. The lowest BCUT2D eigenvalue weighted by Gasteiger charge is -2.10. The average Bonchev–Trinajstić information content (AvgIpc) is 2.68. The zero-order valence-electron chi connectivity index (χ0n) is 15.2. The molecular formula is C20H16ClNO5S2. The minimum absolute atomic E-state index is 0.0168. The van der Waals surface area contributed by atoms with Crippen LogP contribution in [0.1, 0.15) is 5.56 Å². The molecule has 3 aromatic rings. The van der Waals surface area contributed by atoms with Gasteiger partial charge in [0.1, 0.15) is 11.5 Å². The first kappa shape index (κ1) is 21.2. The van der Waals surface area contributed by atoms with E-state index >= 15 is 0 Å². The number of rotatable bonds is 7. The van der Waals surface area contributed by atoms with Gasteiger partial charge in [-0.2, -0.15) is 0 Å². The Hall–Kier alpha value is -2.55. The molecule has 0 amide bonds. The van der Waals surface area contributed by atoms with Crippen molar-refractivity contribution in [1.29, 1.82) is 0 Å². The summed E-state index contributed by atoms with van der Waals surface area (Å²) in [5.74, 6) is 1.18. The summed E-state index contributed by atoms with van der Waals surface area (Å²) in [7, 11) is -3.39. The van der Waals surface area contributed by atoms with E-state index in [9.17, 15) is 18.5 Å². The van der Waals surface area contributed by atoms with Crippen LogP contribution in [-0.4, -0.2) is 19.6 Å². The molecule has 0 radical (unpaired) electrons. The van der Waals surface area contributed by atoms with Gasteiger partial charge in [-0.25, -0.2) is 8.42 Å². The van der Waals surface area contributed by atoms with E-state index in [-0.39, 0.29) is 21.4 Å². The molecule has 0 spiro atoms. The SMILES string of the molecule is CS(=O)(=O)c1ccc(Oc2ccc([N+](=O)[O-])c(SCc3ccccc3)c2)c(Cl)c1. The summed E-state index contributed by atoms with van der Waals surface area (Å²) in [6, 6.07) is 18.2. The van der Waals surface area contributed by atoms with Gasteiger partial charge >= 0.3 is 0 Å². The van der Waals surface area contributed by atoms with Crippen LogP contribution in [0, 0.1) is 10.1 Å². The first-order valence-corrected chi connectivity index (χ1v) is 11.6. The monoisotopic (exact) mass is 449 g/mol. The van der Waals surface area contributed by atoms with Gasteiger partial charge in [-0.3, -0.25) is 10.1 Å². The Morgan fingerprint density at radius 3 is 2.41 bits per heavy atom. The molecule has 0 atom stereocenters. The average molecular weight is 450 g/mol. The van der Waals surface area contributed by atoms with Gasteiger partial charge in [-0.15, -0.1) is 11.8 Å². The topological polar surface area (TPSA) is 86.5 Å². The number of hydrogen-bond donors (Lipinski definition) is 0. The van der Waals surface area contributed by atoms with Crippen LogP contribution in [0.2, 0.25) is 5.02 Å². The molecule has 0 aliphatic heterocycles. The van der Waals surface area contributed by atoms with Gasteiger partial charge in [0.05, 0.1) is 19.7 Å². The van der Waals surface area contributed by atoms with Crippen molar-refractivity contribution in [3.05, 3.63) is 87.4 Å². The van der Waals surface area contributed by atoms with Crippen LogP contribution in [-0.2, 0) is 15.6 Å². The maximum Gasteiger partial charge on any atom is 0.283 e. The largest absolute Gasteiger partial charge is 0.456 e. The predicted octanol–water partition coefficient (Wildman–Crippen LogP) is 5.74. The maximum absolute atomic E-state index is 11.6. The number of benzene rings is 3. The third-order valence-electron chi connectivity index (χ3n) is 3.92. The normalized spacial score (nSPS) is 11.2. The van der Waals surface area contributed by atoms with Crippen molar-refractivity contribution in [2.24, 2.45) is 0 Å². The van der Waals surface area contributed by atoms with Crippen LogP contribution in [0.3, 0.4) is 0 Å². The maximum atomic E-state index is 11.6. The number of nitro groups is 1. The van der Waals surface area contributed by atoms with Crippen molar-refractivity contribution in [3.63, 3.8) is 0 Å². The Balaban J connectivity index is 1.86. The molecule has 9 heteroatoms. The fourth-order valence-corrected chi connectivity index (χ4v) is 4.42. The molecule has 0 aliphatic carbocycles. The number of nitrogens with zero attached hydrogens (tertiary/aromatic N) is 1. The highest BCUT2D eigenvalue weighted by atomic mass is 35.5. The first-order chi connectivity index (χ1) is 13.7. The highest BCUT2D eigenvalue weighted by Crippen LogP contribution is 2.37. The highest BCUT2D eigenvalue weighted by molar-refractivity contribution is 7.98. The van der Waals surface area contributed by atoms with E-state index in [1.165, 1.54) is 42.1 Å². The Labute approximate surface area is 177 Å². The second kappa shape index (κ2) is 8.86. The number of hydrogen-bond acceptors (Lipinski definition) is 6. The minimum Gasteiger partial charge on any atom is -0.456 e. The molecule has 0 fully saturated rings. The van der Waals surface area contributed by atoms with Gasteiger partial charge in [-0.1, -0.05) is 41.9 Å². The third-order valence-corrected chi connectivity index (χ3v) is 6.45. The van der Waals surface area contributed by atoms with Gasteiger partial charge in [0, 0.05) is 24.1 Å². The lowest BCUT2D eigenvalue weighted by molar-refractivity contribution is -0.387. The smallest absolute Gasteiger partial charge is 0.283 e. The van der Waals surface area contributed by atoms with E-state index in [0.717, 1.165) is 11.8 Å². The van der Waals surface area contributed by atoms with Crippen molar-refractivity contribution >= 4 is 38.9 Å². The Bertz CT molecular complexity index is 1150. The van der Waals surface area contributed by atoms with E-state index < -0.39 is 14.8 Å². The quantitative estimate of drug-likeness (QED) is 0.260. The zero-order valence-corrected chi connectivity index (χ0v) is 17.6. The Morgan fingerprint density at radius 1 is 1.07 bits per heavy atom. The van der Waals surface area contributed by atoms with Crippen LogP contribution >= 0.6 is 23.4 Å². The lowest BCUT2D eigenvalue weighted by atomic mass is 10.2. The van der Waals surface area contributed by atoms with Gasteiger partial charge in [0.2, 0.25) is 0 Å². The highest BCUT2D eigenvalue weighted by Gasteiger charge is 2.17. The molecule has 29 heavy (non-hydrogen) atoms. The fraction of sp³-hybridized carbons (Fsp3) is 0.100. The van der Waals surface area contributed by atoms with Crippen LogP contribution in [0.4, 0.5) is 5.69 Å². The zero-order chi connectivity index (χ0) is 21.0. The molecule has 0 aliphatic rings. The van der Waals surface area contributed by atoms with Crippen LogP contribution < -0.4 is 4.74 Å². The summed E-state index contributed by atoms with van der Waals surface area (Å²) in [6.07, 6.45) is 1.09. The molecule has 0 aromatic heterocycles. The van der Waals surface area contributed by atoms with Crippen molar-refractivity contribution in [3.8, 4) is 11.5 Å². The lowest BCUT2D eigenvalue weighted by Crippen LogP contribution is -1.97. The summed E-state index contributed by atoms with van der Waals surface area (Å²) in [5, 5.41) is 11.5. The number of thioether (sulfide) groups is 1. The molecule has 0 bridgehead atoms. The van der Waals surface area contributed by atoms with Crippen molar-refractivity contribution < 1.29 is 18.1 Å². The predicted molar refractivity (Wildman–Crippen MR) is 114 cm³/mol. The summed E-state index contributed by atoms with van der Waals surface area (Å²) >= 11 is 7.47. The van der Waals surface area contributed by atoms with Crippen molar-refractivity contribution in [1.82, 2.24) is 0 Å². The second-order valence-corrected chi connectivity index (χ2v) is 9.57. The number of nitro benzene ring substituents is 1. The van der Waals surface area contributed by atoms with E-state index in [1.54, 1.807) is 6.07 Å². The summed E-state index contributed by atoms with van der Waals surface area (Å²) < 4.78 is 29.0. The summed E-state index contributed by atoms with van der Waals surface area (Å²) in [5.41, 5.74) is 1.02. The summed E-state index contributed by atoms with van der Waals surface area (Å²) in [4.78, 5) is 11.5. The van der Waals surface area contributed by atoms with Gasteiger partial charge in [0.15, 0.2) is 9.84 Å². The van der Waals surface area contributed by atoms with E-state index in [0.29, 0.717) is 16.4 Å². The summed E-state index contributed by atoms with van der Waals surface area (Å²) in [6.45, 7) is 0. The molecule has 3 aromatic carbocycles. The first-order valence-electron chi connectivity index (χ1n) is 8.36.